The summed E-state index contributed by atoms with van der Waals surface area (Å²) in [5.74, 6) is 1.42. The molecule has 1 aliphatic heterocycles. The van der Waals surface area contributed by atoms with Gasteiger partial charge in [0.15, 0.2) is 11.0 Å². The summed E-state index contributed by atoms with van der Waals surface area (Å²) in [5, 5.41) is 12.8. The molecule has 2 heterocycles. The number of nitrogens with zero attached hydrogens (tertiary/aromatic N) is 3. The predicted octanol–water partition coefficient (Wildman–Crippen LogP) is 4.69. The maximum absolute atomic E-state index is 13.4. The van der Waals surface area contributed by atoms with E-state index in [4.69, 9.17) is 4.74 Å². The van der Waals surface area contributed by atoms with E-state index >= 15 is 0 Å². The van der Waals surface area contributed by atoms with Gasteiger partial charge in [0.25, 0.3) is 0 Å². The summed E-state index contributed by atoms with van der Waals surface area (Å²) in [5.41, 5.74) is 1.23. The van der Waals surface area contributed by atoms with Gasteiger partial charge in [-0.3, -0.25) is 9.36 Å². The number of amides is 1. The van der Waals surface area contributed by atoms with Crippen LogP contribution in [0.3, 0.4) is 0 Å². The van der Waals surface area contributed by atoms with E-state index in [1.54, 1.807) is 12.1 Å². The highest BCUT2D eigenvalue weighted by atomic mass is 32.2. The van der Waals surface area contributed by atoms with Gasteiger partial charge in [-0.15, -0.1) is 10.2 Å². The Morgan fingerprint density at radius 2 is 2.03 bits per heavy atom. The van der Waals surface area contributed by atoms with Crippen molar-refractivity contribution in [3.8, 4) is 11.4 Å². The van der Waals surface area contributed by atoms with Crippen LogP contribution in [0.2, 0.25) is 0 Å². The van der Waals surface area contributed by atoms with Crippen LogP contribution < -0.4 is 5.32 Å². The second-order valence-corrected chi connectivity index (χ2v) is 11.5. The Hall–Kier alpha value is -1.93. The summed E-state index contributed by atoms with van der Waals surface area (Å²) in [6.07, 6.45) is 5.65. The van der Waals surface area contributed by atoms with Crippen LogP contribution in [0.25, 0.3) is 11.4 Å². The monoisotopic (exact) mass is 472 g/mol. The summed E-state index contributed by atoms with van der Waals surface area (Å²) in [7, 11) is 0. The first-order chi connectivity index (χ1) is 15.8. The highest BCUT2D eigenvalue weighted by Gasteiger charge is 2.61. The van der Waals surface area contributed by atoms with Crippen molar-refractivity contribution in [1.82, 2.24) is 20.1 Å². The van der Waals surface area contributed by atoms with Gasteiger partial charge in [0.2, 0.25) is 5.91 Å². The summed E-state index contributed by atoms with van der Waals surface area (Å²) >= 11 is 1.41. The fourth-order valence-electron chi connectivity index (χ4n) is 6.15. The van der Waals surface area contributed by atoms with E-state index in [0.29, 0.717) is 29.2 Å². The number of carbonyl (C=O) groups is 1. The molecule has 0 radical (unpaired) electrons. The minimum Gasteiger partial charge on any atom is -0.376 e. The average Bonchev–Trinajstić information content (AvgIpc) is 3.52. The van der Waals surface area contributed by atoms with Gasteiger partial charge in [0.1, 0.15) is 5.82 Å². The molecule has 2 saturated carbocycles. The Labute approximate surface area is 199 Å². The van der Waals surface area contributed by atoms with Crippen molar-refractivity contribution >= 4 is 17.7 Å². The number of hydrogen-bond acceptors (Lipinski definition) is 5. The molecular formula is C25H33FN4O2S. The molecule has 8 heteroatoms. The topological polar surface area (TPSA) is 69.0 Å². The molecule has 6 nitrogen and oxygen atoms in total. The van der Waals surface area contributed by atoms with Crippen molar-refractivity contribution in [1.29, 1.82) is 0 Å². The average molecular weight is 473 g/mol. The Balaban J connectivity index is 1.29. The van der Waals surface area contributed by atoms with Gasteiger partial charge in [-0.2, -0.15) is 0 Å². The minimum absolute atomic E-state index is 0.0459. The smallest absolute Gasteiger partial charge is 0.230 e. The lowest BCUT2D eigenvalue weighted by atomic mass is 9.69. The first-order valence-corrected chi connectivity index (χ1v) is 13.0. The van der Waals surface area contributed by atoms with Crippen molar-refractivity contribution in [3.05, 3.63) is 30.1 Å². The first kappa shape index (κ1) is 22.8. The number of nitrogens with one attached hydrogen (secondary N) is 1. The summed E-state index contributed by atoms with van der Waals surface area (Å²) in [6.45, 7) is 8.44. The van der Waals surface area contributed by atoms with Crippen LogP contribution in [0.5, 0.6) is 0 Å². The molecule has 2 bridgehead atoms. The molecular weight excluding hydrogens is 439 g/mol. The van der Waals surface area contributed by atoms with Crippen LogP contribution in [-0.4, -0.2) is 45.2 Å². The molecule has 1 saturated heterocycles. The Bertz CT molecular complexity index is 1020. The fraction of sp³-hybridized carbons (Fsp3) is 0.640. The standard InChI is InChI=1S/C25H33FN4O2S/c1-24(2)17-10-11-25(24,3)20(13-17)27-21(31)15-33-23-29-28-22(16-6-8-18(26)9-7-16)30(23)14-19-5-4-12-32-19/h6-9,17,19-20H,4-5,10-15H2,1-3H3,(H,27,31)/t17-,19+,20+,25-/m0/s1. The van der Waals surface area contributed by atoms with E-state index in [-0.39, 0.29) is 34.7 Å². The van der Waals surface area contributed by atoms with Crippen molar-refractivity contribution in [2.24, 2.45) is 16.7 Å². The van der Waals surface area contributed by atoms with Gasteiger partial charge >= 0.3 is 0 Å². The Kier molecular flexibility index (Phi) is 6.02. The lowest BCUT2D eigenvalue weighted by Gasteiger charge is -2.39. The molecule has 5 rings (SSSR count). The number of rotatable bonds is 7. The number of aromatic nitrogens is 3. The summed E-state index contributed by atoms with van der Waals surface area (Å²) in [6, 6.07) is 6.52. The normalized spacial score (nSPS) is 30.1. The van der Waals surface area contributed by atoms with Crippen LogP contribution in [-0.2, 0) is 16.1 Å². The molecule has 1 aromatic heterocycles. The van der Waals surface area contributed by atoms with Gasteiger partial charge in [-0.1, -0.05) is 32.5 Å². The molecule has 1 amide bonds. The largest absolute Gasteiger partial charge is 0.376 e. The molecule has 3 aliphatic rings. The number of hydrogen-bond donors (Lipinski definition) is 1. The molecule has 2 aliphatic carbocycles. The Morgan fingerprint density at radius 1 is 1.24 bits per heavy atom. The third-order valence-corrected chi connectivity index (χ3v) is 9.66. The van der Waals surface area contributed by atoms with Crippen molar-refractivity contribution in [2.45, 2.75) is 76.7 Å². The second-order valence-electron chi connectivity index (χ2n) is 10.6. The lowest BCUT2D eigenvalue weighted by molar-refractivity contribution is -0.120. The summed E-state index contributed by atoms with van der Waals surface area (Å²) in [4.78, 5) is 12.9. The van der Waals surface area contributed by atoms with Crippen LogP contribution in [0.1, 0.15) is 52.9 Å². The molecule has 0 spiro atoms. The predicted molar refractivity (Wildman–Crippen MR) is 126 cm³/mol. The van der Waals surface area contributed by atoms with Crippen molar-refractivity contribution < 1.29 is 13.9 Å². The van der Waals surface area contributed by atoms with E-state index < -0.39 is 0 Å². The van der Waals surface area contributed by atoms with E-state index in [0.717, 1.165) is 31.4 Å². The molecule has 178 valence electrons. The first-order valence-electron chi connectivity index (χ1n) is 12.0. The number of fused-ring (bicyclic) bond motifs is 2. The third-order valence-electron chi connectivity index (χ3n) is 8.69. The van der Waals surface area contributed by atoms with E-state index in [1.807, 2.05) is 4.57 Å². The maximum Gasteiger partial charge on any atom is 0.230 e. The van der Waals surface area contributed by atoms with Gasteiger partial charge < -0.3 is 10.1 Å². The van der Waals surface area contributed by atoms with E-state index in [1.165, 1.54) is 36.7 Å². The number of halogens is 1. The van der Waals surface area contributed by atoms with Crippen LogP contribution >= 0.6 is 11.8 Å². The van der Waals surface area contributed by atoms with Gasteiger partial charge in [0.05, 0.1) is 18.4 Å². The molecule has 2 aromatic rings. The van der Waals surface area contributed by atoms with Crippen LogP contribution in [0.15, 0.2) is 29.4 Å². The number of carbonyl (C=O) groups excluding carboxylic acids is 1. The minimum atomic E-state index is -0.285. The zero-order valence-corrected chi connectivity index (χ0v) is 20.5. The number of thioether (sulfide) groups is 1. The molecule has 4 atom stereocenters. The highest BCUT2D eigenvalue weighted by Crippen LogP contribution is 2.65. The molecule has 0 unspecified atom stereocenters. The van der Waals surface area contributed by atoms with Crippen LogP contribution in [0.4, 0.5) is 4.39 Å². The van der Waals surface area contributed by atoms with E-state index in [9.17, 15) is 9.18 Å². The highest BCUT2D eigenvalue weighted by molar-refractivity contribution is 7.99. The quantitative estimate of drug-likeness (QED) is 0.593. The zero-order chi connectivity index (χ0) is 23.2. The van der Waals surface area contributed by atoms with Crippen molar-refractivity contribution in [2.75, 3.05) is 12.4 Å². The second kappa shape index (κ2) is 8.69. The van der Waals surface area contributed by atoms with Gasteiger partial charge in [0, 0.05) is 18.2 Å². The molecule has 33 heavy (non-hydrogen) atoms. The number of ether oxygens (including phenoxy) is 1. The SMILES string of the molecule is CC1(C)[C@H]2CC[C@@]1(C)[C@H](NC(=O)CSc1nnc(-c3ccc(F)cc3)n1C[C@H]1CCCO1)C2. The number of benzene rings is 1. The Morgan fingerprint density at radius 3 is 2.67 bits per heavy atom. The van der Waals surface area contributed by atoms with Gasteiger partial charge in [-0.05, 0) is 73.1 Å². The molecule has 1 aromatic carbocycles. The fourth-order valence-corrected chi connectivity index (χ4v) is 6.91. The van der Waals surface area contributed by atoms with Gasteiger partial charge in [-0.25, -0.2) is 4.39 Å². The van der Waals surface area contributed by atoms with E-state index in [2.05, 4.69) is 36.3 Å². The summed E-state index contributed by atoms with van der Waals surface area (Å²) < 4.78 is 21.3. The molecule has 1 N–H and O–H groups in total. The third kappa shape index (κ3) is 4.09. The maximum atomic E-state index is 13.4. The molecule has 3 fully saturated rings. The lowest BCUT2D eigenvalue weighted by Crippen LogP contribution is -2.47. The zero-order valence-electron chi connectivity index (χ0n) is 19.6. The van der Waals surface area contributed by atoms with Crippen LogP contribution in [0, 0.1) is 22.6 Å². The van der Waals surface area contributed by atoms with Crippen molar-refractivity contribution in [3.63, 3.8) is 0 Å².